The number of aromatic nitrogens is 2. The average molecular weight is 333 g/mol. The fourth-order valence-corrected chi connectivity index (χ4v) is 3.53. The highest BCUT2D eigenvalue weighted by molar-refractivity contribution is 5.97. The second-order valence-electron chi connectivity index (χ2n) is 7.11. The number of amides is 2. The largest absolute Gasteiger partial charge is 0.342 e. The average Bonchev–Trinajstić information content (AvgIpc) is 2.90. The number of aryl methyl sites for hydroxylation is 2. The molecule has 1 aromatic heterocycles. The van der Waals surface area contributed by atoms with Crippen molar-refractivity contribution in [2.75, 3.05) is 19.6 Å². The summed E-state index contributed by atoms with van der Waals surface area (Å²) >= 11 is 0. The van der Waals surface area contributed by atoms with Crippen molar-refractivity contribution < 1.29 is 9.59 Å². The molecule has 3 heterocycles. The molecule has 0 saturated carbocycles. The second-order valence-corrected chi connectivity index (χ2v) is 7.11. The van der Waals surface area contributed by atoms with Gasteiger partial charge in [0.25, 0.3) is 0 Å². The third kappa shape index (κ3) is 3.05. The normalized spacial score (nSPS) is 25.1. The van der Waals surface area contributed by atoms with Gasteiger partial charge < -0.3 is 10.2 Å². The summed E-state index contributed by atoms with van der Waals surface area (Å²) in [4.78, 5) is 29.1. The summed E-state index contributed by atoms with van der Waals surface area (Å²) in [5, 5.41) is 7.38. The Morgan fingerprint density at radius 3 is 2.71 bits per heavy atom. The van der Waals surface area contributed by atoms with Crippen LogP contribution in [0.5, 0.6) is 0 Å². The Balaban J connectivity index is 1.69. The van der Waals surface area contributed by atoms with Crippen molar-refractivity contribution in [2.45, 2.75) is 52.9 Å². The molecule has 0 radical (unpaired) electrons. The highest BCUT2D eigenvalue weighted by atomic mass is 16.2. The van der Waals surface area contributed by atoms with E-state index in [1.54, 1.807) is 4.90 Å². The molecule has 2 atom stereocenters. The summed E-state index contributed by atoms with van der Waals surface area (Å²) < 4.78 is 1.94. The molecule has 2 amide bonds. The highest BCUT2D eigenvalue weighted by Gasteiger charge is 2.44. The lowest BCUT2D eigenvalue weighted by molar-refractivity contribution is -0.154. The van der Waals surface area contributed by atoms with Crippen molar-refractivity contribution >= 4 is 11.8 Å². The minimum atomic E-state index is -0.384. The van der Waals surface area contributed by atoms with Crippen LogP contribution in [0.2, 0.25) is 0 Å². The van der Waals surface area contributed by atoms with E-state index in [0.717, 1.165) is 25.3 Å². The van der Waals surface area contributed by atoms with E-state index in [-0.39, 0.29) is 29.8 Å². The van der Waals surface area contributed by atoms with E-state index in [2.05, 4.69) is 28.4 Å². The van der Waals surface area contributed by atoms with Crippen LogP contribution >= 0.6 is 0 Å². The van der Waals surface area contributed by atoms with Crippen LogP contribution in [-0.4, -0.2) is 63.1 Å². The summed E-state index contributed by atoms with van der Waals surface area (Å²) in [6.45, 7) is 11.6. The molecule has 1 N–H and O–H groups in total. The Hall–Kier alpha value is -1.89. The van der Waals surface area contributed by atoms with Gasteiger partial charge in [0.1, 0.15) is 12.1 Å². The van der Waals surface area contributed by atoms with Crippen LogP contribution < -0.4 is 5.32 Å². The van der Waals surface area contributed by atoms with E-state index >= 15 is 0 Å². The number of hydrogen-bond acceptors (Lipinski definition) is 4. The number of rotatable bonds is 4. The van der Waals surface area contributed by atoms with Crippen molar-refractivity contribution in [1.82, 2.24) is 24.9 Å². The molecule has 0 unspecified atom stereocenters. The molecule has 2 fully saturated rings. The van der Waals surface area contributed by atoms with Crippen LogP contribution in [0.3, 0.4) is 0 Å². The molecular weight excluding hydrogens is 306 g/mol. The maximum Gasteiger partial charge on any atom is 0.246 e. The first-order chi connectivity index (χ1) is 11.4. The van der Waals surface area contributed by atoms with Crippen molar-refractivity contribution in [2.24, 2.45) is 5.92 Å². The van der Waals surface area contributed by atoms with Crippen molar-refractivity contribution in [1.29, 1.82) is 0 Å². The summed E-state index contributed by atoms with van der Waals surface area (Å²) in [6, 6.07) is -0.756. The molecule has 2 aliphatic heterocycles. The number of nitrogens with zero attached hydrogens (tertiary/aromatic N) is 4. The minimum Gasteiger partial charge on any atom is -0.342 e. The fraction of sp³-hybridized carbons (Fsp3) is 0.706. The minimum absolute atomic E-state index is 0.0287. The number of fused-ring (bicyclic) bond motifs is 1. The third-order valence-corrected chi connectivity index (χ3v) is 5.05. The Bertz CT molecular complexity index is 639. The van der Waals surface area contributed by atoms with Crippen molar-refractivity contribution in [3.05, 3.63) is 17.5 Å². The molecule has 0 aromatic carbocycles. The first-order valence-electron chi connectivity index (χ1n) is 8.76. The molecule has 0 spiro atoms. The zero-order chi connectivity index (χ0) is 17.4. The topological polar surface area (TPSA) is 70.5 Å². The molecule has 0 aliphatic carbocycles. The van der Waals surface area contributed by atoms with Crippen molar-refractivity contribution in [3.8, 4) is 0 Å². The fourth-order valence-electron chi connectivity index (χ4n) is 3.53. The second kappa shape index (κ2) is 6.55. The Morgan fingerprint density at radius 1 is 1.33 bits per heavy atom. The number of piperazine rings is 2. The van der Waals surface area contributed by atoms with Gasteiger partial charge in [-0.05, 0) is 19.8 Å². The lowest BCUT2D eigenvalue weighted by Crippen LogP contribution is -2.70. The number of hydrogen-bond donors (Lipinski definition) is 1. The molecule has 0 bridgehead atoms. The number of nitrogens with one attached hydrogen (secondary N) is 1. The van der Waals surface area contributed by atoms with Crippen LogP contribution in [0.25, 0.3) is 0 Å². The van der Waals surface area contributed by atoms with E-state index in [0.29, 0.717) is 13.1 Å². The predicted molar refractivity (Wildman–Crippen MR) is 90.2 cm³/mol. The van der Waals surface area contributed by atoms with Gasteiger partial charge in [-0.1, -0.05) is 13.8 Å². The lowest BCUT2D eigenvalue weighted by atomic mass is 9.96. The van der Waals surface area contributed by atoms with Gasteiger partial charge >= 0.3 is 0 Å². The molecule has 132 valence electrons. The van der Waals surface area contributed by atoms with Crippen LogP contribution in [0.15, 0.2) is 6.20 Å². The van der Waals surface area contributed by atoms with Gasteiger partial charge in [0.05, 0.1) is 5.69 Å². The summed E-state index contributed by atoms with van der Waals surface area (Å²) in [7, 11) is 0. The summed E-state index contributed by atoms with van der Waals surface area (Å²) in [5.41, 5.74) is 2.22. The molecular formula is C17H27N5O2. The monoisotopic (exact) mass is 333 g/mol. The van der Waals surface area contributed by atoms with Gasteiger partial charge in [-0.3, -0.25) is 19.2 Å². The van der Waals surface area contributed by atoms with Crippen molar-refractivity contribution in [3.63, 3.8) is 0 Å². The Labute approximate surface area is 143 Å². The van der Waals surface area contributed by atoms with Crippen LogP contribution in [0.4, 0.5) is 0 Å². The lowest BCUT2D eigenvalue weighted by Gasteiger charge is -2.46. The van der Waals surface area contributed by atoms with E-state index in [1.807, 2.05) is 25.5 Å². The van der Waals surface area contributed by atoms with Crippen LogP contribution in [-0.2, 0) is 22.7 Å². The van der Waals surface area contributed by atoms with Crippen LogP contribution in [0, 0.1) is 12.8 Å². The number of carbonyl (C=O) groups excluding carboxylic acids is 2. The van der Waals surface area contributed by atoms with Crippen LogP contribution in [0.1, 0.15) is 32.0 Å². The quantitative estimate of drug-likeness (QED) is 0.865. The van der Waals surface area contributed by atoms with E-state index in [4.69, 9.17) is 0 Å². The molecule has 24 heavy (non-hydrogen) atoms. The van der Waals surface area contributed by atoms with E-state index < -0.39 is 0 Å². The maximum absolute atomic E-state index is 12.6. The smallest absolute Gasteiger partial charge is 0.246 e. The molecule has 7 nitrogen and oxygen atoms in total. The molecule has 3 rings (SSSR count). The van der Waals surface area contributed by atoms with Gasteiger partial charge in [0.2, 0.25) is 11.8 Å². The molecule has 7 heteroatoms. The van der Waals surface area contributed by atoms with Gasteiger partial charge in [0, 0.05) is 44.5 Å². The summed E-state index contributed by atoms with van der Waals surface area (Å²) in [5.74, 6) is 0.145. The zero-order valence-corrected chi connectivity index (χ0v) is 15.0. The molecule has 1 aromatic rings. The molecule has 2 aliphatic rings. The van der Waals surface area contributed by atoms with E-state index in [9.17, 15) is 9.59 Å². The first-order valence-corrected chi connectivity index (χ1v) is 8.76. The summed E-state index contributed by atoms with van der Waals surface area (Å²) in [6.07, 6.45) is 2.07. The highest BCUT2D eigenvalue weighted by Crippen LogP contribution is 2.21. The number of carbonyl (C=O) groups is 2. The maximum atomic E-state index is 12.6. The zero-order valence-electron chi connectivity index (χ0n) is 15.0. The third-order valence-electron chi connectivity index (χ3n) is 5.05. The van der Waals surface area contributed by atoms with Gasteiger partial charge in [-0.2, -0.15) is 5.10 Å². The van der Waals surface area contributed by atoms with Gasteiger partial charge in [-0.25, -0.2) is 0 Å². The molecule has 2 saturated heterocycles. The Kier molecular flexibility index (Phi) is 4.62. The van der Waals surface area contributed by atoms with Gasteiger partial charge in [0.15, 0.2) is 0 Å². The van der Waals surface area contributed by atoms with Gasteiger partial charge in [-0.15, -0.1) is 0 Å². The first kappa shape index (κ1) is 17.0. The van der Waals surface area contributed by atoms with E-state index in [1.165, 1.54) is 5.56 Å². The predicted octanol–water partition coefficient (Wildman–Crippen LogP) is 0.379. The standard InChI is InChI=1S/C17H27N5O2/c1-5-21-9-13(12(4)19-21)8-20-6-7-22-14(10-20)16(23)18-15(11(2)3)17(22)24/h9,11,14-15H,5-8,10H2,1-4H3,(H,18,23)/t14-,15+/m1/s1. The SMILES string of the molecule is CCn1cc(CN2CCN3C(=O)[C@H](C(C)C)NC(=O)[C@H]3C2)c(C)n1. The Morgan fingerprint density at radius 2 is 2.08 bits per heavy atom.